The summed E-state index contributed by atoms with van der Waals surface area (Å²) in [7, 11) is 0. The molecule has 3 nitrogen and oxygen atoms in total. The van der Waals surface area contributed by atoms with Gasteiger partial charge in [0, 0.05) is 11.1 Å². The lowest BCUT2D eigenvalue weighted by Crippen LogP contribution is -2.30. The SMILES string of the molecule is CCN(CC)C(CC(=O)O)c1ccc(Cl)cc1C. The predicted molar refractivity (Wildman–Crippen MR) is 74.1 cm³/mol. The number of hydrogen-bond donors (Lipinski definition) is 1. The highest BCUT2D eigenvalue weighted by Gasteiger charge is 2.22. The van der Waals surface area contributed by atoms with E-state index in [1.807, 2.05) is 39.0 Å². The van der Waals surface area contributed by atoms with Crippen molar-refractivity contribution in [1.82, 2.24) is 4.90 Å². The van der Waals surface area contributed by atoms with Gasteiger partial charge in [0.1, 0.15) is 0 Å². The molecule has 0 aliphatic carbocycles. The zero-order chi connectivity index (χ0) is 13.7. The van der Waals surface area contributed by atoms with Gasteiger partial charge in [-0.05, 0) is 43.3 Å². The first-order valence-corrected chi connectivity index (χ1v) is 6.59. The zero-order valence-electron chi connectivity index (χ0n) is 11.1. The van der Waals surface area contributed by atoms with Crippen molar-refractivity contribution < 1.29 is 9.90 Å². The molecule has 0 aliphatic heterocycles. The summed E-state index contributed by atoms with van der Waals surface area (Å²) < 4.78 is 0. The fourth-order valence-electron chi connectivity index (χ4n) is 2.28. The van der Waals surface area contributed by atoms with Crippen molar-refractivity contribution in [3.8, 4) is 0 Å². The minimum atomic E-state index is -0.777. The Balaban J connectivity index is 3.11. The van der Waals surface area contributed by atoms with Crippen molar-refractivity contribution in [3.63, 3.8) is 0 Å². The highest BCUT2D eigenvalue weighted by atomic mass is 35.5. The first-order chi connectivity index (χ1) is 8.49. The maximum Gasteiger partial charge on any atom is 0.305 e. The van der Waals surface area contributed by atoms with Crippen LogP contribution in [0.5, 0.6) is 0 Å². The molecular weight excluding hydrogens is 250 g/mol. The lowest BCUT2D eigenvalue weighted by Gasteiger charge is -2.30. The molecule has 0 fully saturated rings. The molecule has 100 valence electrons. The fourth-order valence-corrected chi connectivity index (χ4v) is 2.51. The molecule has 0 saturated heterocycles. The van der Waals surface area contributed by atoms with Crippen LogP contribution in [0.1, 0.15) is 37.4 Å². The minimum Gasteiger partial charge on any atom is -0.481 e. The van der Waals surface area contributed by atoms with E-state index in [2.05, 4.69) is 4.90 Å². The van der Waals surface area contributed by atoms with Gasteiger partial charge in [0.15, 0.2) is 0 Å². The van der Waals surface area contributed by atoms with Gasteiger partial charge in [-0.3, -0.25) is 9.69 Å². The van der Waals surface area contributed by atoms with Gasteiger partial charge in [-0.1, -0.05) is 31.5 Å². The molecular formula is C14H20ClNO2. The third-order valence-corrected chi connectivity index (χ3v) is 3.45. The van der Waals surface area contributed by atoms with E-state index >= 15 is 0 Å². The summed E-state index contributed by atoms with van der Waals surface area (Å²) in [4.78, 5) is 13.2. The molecule has 4 heteroatoms. The van der Waals surface area contributed by atoms with E-state index in [-0.39, 0.29) is 12.5 Å². The van der Waals surface area contributed by atoms with E-state index in [1.165, 1.54) is 0 Å². The summed E-state index contributed by atoms with van der Waals surface area (Å²) in [5, 5.41) is 9.76. The number of nitrogens with zero attached hydrogens (tertiary/aromatic N) is 1. The van der Waals surface area contributed by atoms with E-state index in [1.54, 1.807) is 0 Å². The molecule has 0 aliphatic rings. The Bertz CT molecular complexity index is 416. The van der Waals surface area contributed by atoms with Crippen molar-refractivity contribution in [3.05, 3.63) is 34.3 Å². The van der Waals surface area contributed by atoms with Crippen LogP contribution in [0.4, 0.5) is 0 Å². The zero-order valence-corrected chi connectivity index (χ0v) is 11.9. The van der Waals surface area contributed by atoms with Crippen LogP contribution in [0, 0.1) is 6.92 Å². The molecule has 0 bridgehead atoms. The van der Waals surface area contributed by atoms with Crippen LogP contribution in [0.2, 0.25) is 5.02 Å². The number of halogens is 1. The quantitative estimate of drug-likeness (QED) is 0.859. The van der Waals surface area contributed by atoms with Crippen LogP contribution < -0.4 is 0 Å². The van der Waals surface area contributed by atoms with Crippen molar-refractivity contribution in [2.45, 2.75) is 33.2 Å². The molecule has 1 N–H and O–H groups in total. The summed E-state index contributed by atoms with van der Waals surface area (Å²) >= 11 is 5.94. The standard InChI is InChI=1S/C14H20ClNO2/c1-4-16(5-2)13(9-14(17)18)12-7-6-11(15)8-10(12)3/h6-8,13H,4-5,9H2,1-3H3,(H,17,18). The molecule has 0 amide bonds. The number of aliphatic carboxylic acids is 1. The largest absolute Gasteiger partial charge is 0.481 e. The van der Waals surface area contributed by atoms with Gasteiger partial charge in [0.05, 0.1) is 6.42 Å². The Hall–Kier alpha value is -1.06. The second-order valence-electron chi connectivity index (χ2n) is 4.34. The maximum absolute atomic E-state index is 11.0. The van der Waals surface area contributed by atoms with Gasteiger partial charge < -0.3 is 5.11 Å². The molecule has 0 aromatic heterocycles. The average Bonchev–Trinajstić information content (AvgIpc) is 2.29. The normalized spacial score (nSPS) is 12.7. The average molecular weight is 270 g/mol. The van der Waals surface area contributed by atoms with E-state index in [0.29, 0.717) is 5.02 Å². The van der Waals surface area contributed by atoms with Crippen molar-refractivity contribution in [2.75, 3.05) is 13.1 Å². The first-order valence-electron chi connectivity index (χ1n) is 6.21. The number of rotatable bonds is 6. The Morgan fingerprint density at radius 1 is 1.39 bits per heavy atom. The van der Waals surface area contributed by atoms with E-state index in [0.717, 1.165) is 24.2 Å². The Labute approximate surface area is 113 Å². The van der Waals surface area contributed by atoms with Crippen LogP contribution >= 0.6 is 11.6 Å². The van der Waals surface area contributed by atoms with Crippen LogP contribution in [0.15, 0.2) is 18.2 Å². The van der Waals surface area contributed by atoms with E-state index in [9.17, 15) is 4.79 Å². The summed E-state index contributed by atoms with van der Waals surface area (Å²) in [6.07, 6.45) is 0.115. The highest BCUT2D eigenvalue weighted by Crippen LogP contribution is 2.28. The molecule has 0 heterocycles. The molecule has 1 rings (SSSR count). The second-order valence-corrected chi connectivity index (χ2v) is 4.77. The van der Waals surface area contributed by atoms with Gasteiger partial charge in [-0.15, -0.1) is 0 Å². The van der Waals surface area contributed by atoms with Crippen molar-refractivity contribution in [2.24, 2.45) is 0 Å². The summed E-state index contributed by atoms with van der Waals surface area (Å²) in [5.74, 6) is -0.777. The Morgan fingerprint density at radius 3 is 2.44 bits per heavy atom. The van der Waals surface area contributed by atoms with Crippen LogP contribution in [0.25, 0.3) is 0 Å². The van der Waals surface area contributed by atoms with Gasteiger partial charge >= 0.3 is 5.97 Å². The maximum atomic E-state index is 11.0. The van der Waals surface area contributed by atoms with Gasteiger partial charge in [0.2, 0.25) is 0 Å². The summed E-state index contributed by atoms with van der Waals surface area (Å²) in [6.45, 7) is 7.72. The third-order valence-electron chi connectivity index (χ3n) is 3.21. The van der Waals surface area contributed by atoms with E-state index in [4.69, 9.17) is 16.7 Å². The molecule has 1 aromatic carbocycles. The smallest absolute Gasteiger partial charge is 0.305 e. The lowest BCUT2D eigenvalue weighted by atomic mass is 9.97. The lowest BCUT2D eigenvalue weighted by molar-refractivity contribution is -0.138. The minimum absolute atomic E-state index is 0.0882. The number of carboxylic acid groups (broad SMARTS) is 1. The molecule has 1 atom stereocenters. The Kier molecular flexibility index (Phi) is 5.63. The third kappa shape index (κ3) is 3.72. The molecule has 1 unspecified atom stereocenters. The molecule has 1 aromatic rings. The number of benzene rings is 1. The molecule has 0 saturated carbocycles. The molecule has 18 heavy (non-hydrogen) atoms. The highest BCUT2D eigenvalue weighted by molar-refractivity contribution is 6.30. The number of carbonyl (C=O) groups is 1. The number of hydrogen-bond acceptors (Lipinski definition) is 2. The van der Waals surface area contributed by atoms with Crippen molar-refractivity contribution in [1.29, 1.82) is 0 Å². The Morgan fingerprint density at radius 2 is 2.00 bits per heavy atom. The summed E-state index contributed by atoms with van der Waals surface area (Å²) in [6, 6.07) is 5.55. The number of aryl methyl sites for hydroxylation is 1. The van der Waals surface area contributed by atoms with Gasteiger partial charge in [0.25, 0.3) is 0 Å². The van der Waals surface area contributed by atoms with Gasteiger partial charge in [-0.25, -0.2) is 0 Å². The van der Waals surface area contributed by atoms with E-state index < -0.39 is 5.97 Å². The van der Waals surface area contributed by atoms with Gasteiger partial charge in [-0.2, -0.15) is 0 Å². The van der Waals surface area contributed by atoms with Crippen molar-refractivity contribution >= 4 is 17.6 Å². The molecule has 0 radical (unpaired) electrons. The van der Waals surface area contributed by atoms with Crippen LogP contribution in [-0.2, 0) is 4.79 Å². The fraction of sp³-hybridized carbons (Fsp3) is 0.500. The molecule has 0 spiro atoms. The van der Waals surface area contributed by atoms with Crippen LogP contribution in [0.3, 0.4) is 0 Å². The number of carboxylic acids is 1. The monoisotopic (exact) mass is 269 g/mol. The summed E-state index contributed by atoms with van der Waals surface area (Å²) in [5.41, 5.74) is 2.09. The topological polar surface area (TPSA) is 40.5 Å². The van der Waals surface area contributed by atoms with Crippen LogP contribution in [-0.4, -0.2) is 29.1 Å². The first kappa shape index (κ1) is 15.0. The predicted octanol–water partition coefficient (Wildman–Crippen LogP) is 3.51. The second kappa shape index (κ2) is 6.76.